The number of fused-ring (bicyclic) bond motifs is 1. The van der Waals surface area contributed by atoms with Crippen LogP contribution in [0.25, 0.3) is 10.8 Å². The summed E-state index contributed by atoms with van der Waals surface area (Å²) < 4.78 is 0. The lowest BCUT2D eigenvalue weighted by Gasteiger charge is -2.13. The van der Waals surface area contributed by atoms with Gasteiger partial charge in [-0.15, -0.1) is 0 Å². The first-order chi connectivity index (χ1) is 10.5. The van der Waals surface area contributed by atoms with Crippen molar-refractivity contribution in [1.82, 2.24) is 0 Å². The molecule has 0 amide bonds. The molecule has 0 aliphatic rings. The zero-order valence-corrected chi connectivity index (χ0v) is 15.2. The number of hydrogen-bond acceptors (Lipinski definition) is 0. The fourth-order valence-electron chi connectivity index (χ4n) is 2.42. The lowest BCUT2D eigenvalue weighted by atomic mass is 9.98. The summed E-state index contributed by atoms with van der Waals surface area (Å²) in [5, 5.41) is 2.68. The van der Waals surface area contributed by atoms with Crippen molar-refractivity contribution < 1.29 is 17.3 Å². The number of allylic oxidation sites excluding steroid dienone is 1. The highest BCUT2D eigenvalue weighted by Crippen LogP contribution is 2.17. The minimum Gasteiger partial charge on any atom is -1.00 e. The van der Waals surface area contributed by atoms with Crippen molar-refractivity contribution in [3.8, 4) is 11.8 Å². The molecule has 1 N–H and O–H groups in total. The summed E-state index contributed by atoms with van der Waals surface area (Å²) in [6.07, 6.45) is 4.15. The zero-order valence-electron chi connectivity index (χ0n) is 14.5. The van der Waals surface area contributed by atoms with Gasteiger partial charge in [0.2, 0.25) is 0 Å². The summed E-state index contributed by atoms with van der Waals surface area (Å²) in [5.74, 6) is 6.35. The molecule has 0 aliphatic carbocycles. The van der Waals surface area contributed by atoms with Crippen molar-refractivity contribution in [2.24, 2.45) is 5.41 Å². The Morgan fingerprint density at radius 3 is 2.48 bits per heavy atom. The van der Waals surface area contributed by atoms with Gasteiger partial charge in [-0.25, -0.2) is 0 Å². The number of hydrogen-bond donors (Lipinski definition) is 1. The van der Waals surface area contributed by atoms with Crippen LogP contribution in [0.3, 0.4) is 0 Å². The summed E-state index contributed by atoms with van der Waals surface area (Å²) >= 11 is 0. The van der Waals surface area contributed by atoms with Gasteiger partial charge < -0.3 is 17.3 Å². The normalized spacial score (nSPS) is 12.5. The topological polar surface area (TPSA) is 4.44 Å². The van der Waals surface area contributed by atoms with E-state index in [4.69, 9.17) is 0 Å². The Hall–Kier alpha value is -1.75. The first-order valence-corrected chi connectivity index (χ1v) is 7.91. The van der Waals surface area contributed by atoms with Crippen LogP contribution in [0.15, 0.2) is 54.6 Å². The fourth-order valence-corrected chi connectivity index (χ4v) is 2.42. The van der Waals surface area contributed by atoms with Gasteiger partial charge in [-0.3, -0.25) is 0 Å². The quantitative estimate of drug-likeness (QED) is 0.779. The van der Waals surface area contributed by atoms with Gasteiger partial charge in [0.1, 0.15) is 6.54 Å². The molecule has 2 heteroatoms. The van der Waals surface area contributed by atoms with Gasteiger partial charge in [0.05, 0.1) is 13.6 Å². The van der Waals surface area contributed by atoms with Crippen LogP contribution in [0.4, 0.5) is 0 Å². The maximum Gasteiger partial charge on any atom is 0.103 e. The fraction of sp³-hybridized carbons (Fsp3) is 0.333. The summed E-state index contributed by atoms with van der Waals surface area (Å²) in [4.78, 5) is 1.46. The van der Waals surface area contributed by atoms with Gasteiger partial charge in [-0.05, 0) is 43.7 Å². The highest BCUT2D eigenvalue weighted by atomic mass is 35.5. The van der Waals surface area contributed by atoms with Gasteiger partial charge in [-0.2, -0.15) is 0 Å². The largest absolute Gasteiger partial charge is 1.00 e. The second-order valence-corrected chi connectivity index (χ2v) is 6.90. The minimum atomic E-state index is 0. The SMILES string of the molecule is C[NH+](C/C=C\C#CC(C)(C)C)Cc1cccc2ccccc12.[Cl-]. The molecule has 2 aromatic rings. The predicted molar refractivity (Wildman–Crippen MR) is 95.8 cm³/mol. The average Bonchev–Trinajstić information content (AvgIpc) is 2.46. The van der Waals surface area contributed by atoms with Crippen molar-refractivity contribution >= 4 is 10.8 Å². The van der Waals surface area contributed by atoms with Gasteiger partial charge in [0.25, 0.3) is 0 Å². The highest BCUT2D eigenvalue weighted by molar-refractivity contribution is 5.85. The molecule has 0 radical (unpaired) electrons. The summed E-state index contributed by atoms with van der Waals surface area (Å²) in [7, 11) is 2.23. The Morgan fingerprint density at radius 1 is 1.04 bits per heavy atom. The van der Waals surface area contributed by atoms with Gasteiger partial charge >= 0.3 is 0 Å². The maximum absolute atomic E-state index is 3.22. The predicted octanol–water partition coefficient (Wildman–Crippen LogP) is 0.464. The Balaban J connectivity index is 0.00000264. The van der Waals surface area contributed by atoms with Crippen molar-refractivity contribution in [2.45, 2.75) is 27.3 Å². The third kappa shape index (κ3) is 6.48. The molecule has 0 saturated heterocycles. The number of quaternary nitrogens is 1. The van der Waals surface area contributed by atoms with Crippen LogP contribution in [0.1, 0.15) is 26.3 Å². The van der Waals surface area contributed by atoms with Crippen LogP contribution in [0.2, 0.25) is 0 Å². The molecule has 0 fully saturated rings. The van der Waals surface area contributed by atoms with Gasteiger partial charge in [0.15, 0.2) is 0 Å². The van der Waals surface area contributed by atoms with Crippen molar-refractivity contribution in [3.63, 3.8) is 0 Å². The van der Waals surface area contributed by atoms with E-state index in [0.717, 1.165) is 13.1 Å². The average molecular weight is 328 g/mol. The second-order valence-electron chi connectivity index (χ2n) is 6.90. The van der Waals surface area contributed by atoms with E-state index in [1.807, 2.05) is 6.08 Å². The molecule has 0 aromatic heterocycles. The summed E-state index contributed by atoms with van der Waals surface area (Å²) in [5.41, 5.74) is 1.48. The second kappa shape index (κ2) is 8.77. The highest BCUT2D eigenvalue weighted by Gasteiger charge is 2.05. The third-order valence-electron chi connectivity index (χ3n) is 3.49. The number of benzene rings is 2. The standard InChI is InChI=1S/C21H25N.ClH/c1-21(2,3)15-8-5-9-16-22(4)17-19-13-10-12-18-11-6-7-14-20(18)19;/h5-7,9-14H,16-17H2,1-4H3;1H/b9-5-;. The first kappa shape index (κ1) is 19.3. The molecular weight excluding hydrogens is 302 g/mol. The monoisotopic (exact) mass is 327 g/mol. The molecular formula is C21H26ClN. The van der Waals surface area contributed by atoms with E-state index in [-0.39, 0.29) is 17.8 Å². The van der Waals surface area contributed by atoms with Gasteiger partial charge in [-0.1, -0.05) is 54.3 Å². The summed E-state index contributed by atoms with van der Waals surface area (Å²) in [6.45, 7) is 8.41. The molecule has 1 nitrogen and oxygen atoms in total. The molecule has 1 atom stereocenters. The molecule has 122 valence electrons. The van der Waals surface area contributed by atoms with Crippen LogP contribution in [0.5, 0.6) is 0 Å². The van der Waals surface area contributed by atoms with Crippen molar-refractivity contribution in [1.29, 1.82) is 0 Å². The van der Waals surface area contributed by atoms with Gasteiger partial charge in [0, 0.05) is 11.0 Å². The molecule has 2 rings (SSSR count). The molecule has 0 heterocycles. The van der Waals surface area contributed by atoms with Crippen LogP contribution in [-0.2, 0) is 6.54 Å². The number of likely N-dealkylation sites (N-methyl/N-ethyl adjacent to an activating group) is 1. The molecule has 0 saturated carbocycles. The van der Waals surface area contributed by atoms with E-state index in [9.17, 15) is 0 Å². The van der Waals surface area contributed by atoms with E-state index >= 15 is 0 Å². The third-order valence-corrected chi connectivity index (χ3v) is 3.49. The minimum absolute atomic E-state index is 0. The lowest BCUT2D eigenvalue weighted by Crippen LogP contribution is -3.07. The Labute approximate surface area is 146 Å². The summed E-state index contributed by atoms with van der Waals surface area (Å²) in [6, 6.07) is 15.2. The number of halogens is 1. The van der Waals surface area contributed by atoms with Crippen LogP contribution in [0, 0.1) is 17.3 Å². The van der Waals surface area contributed by atoms with Crippen molar-refractivity contribution in [2.75, 3.05) is 13.6 Å². The van der Waals surface area contributed by atoms with E-state index < -0.39 is 0 Å². The first-order valence-electron chi connectivity index (χ1n) is 7.91. The molecule has 2 aromatic carbocycles. The molecule has 0 bridgehead atoms. The van der Waals surface area contributed by atoms with E-state index in [2.05, 4.69) is 88.2 Å². The Morgan fingerprint density at radius 2 is 1.74 bits per heavy atom. The molecule has 0 aliphatic heterocycles. The smallest absolute Gasteiger partial charge is 0.103 e. The molecule has 1 unspecified atom stereocenters. The van der Waals surface area contributed by atoms with E-state index in [1.165, 1.54) is 21.2 Å². The number of rotatable bonds is 4. The van der Waals surface area contributed by atoms with Crippen LogP contribution >= 0.6 is 0 Å². The number of nitrogens with one attached hydrogen (secondary N) is 1. The van der Waals surface area contributed by atoms with Crippen LogP contribution in [-0.4, -0.2) is 13.6 Å². The molecule has 0 spiro atoms. The zero-order chi connectivity index (χ0) is 16.0. The Kier molecular flexibility index (Phi) is 7.36. The van der Waals surface area contributed by atoms with E-state index in [0.29, 0.717) is 0 Å². The molecule has 23 heavy (non-hydrogen) atoms. The van der Waals surface area contributed by atoms with Crippen LogP contribution < -0.4 is 17.3 Å². The van der Waals surface area contributed by atoms with E-state index in [1.54, 1.807) is 0 Å². The lowest BCUT2D eigenvalue weighted by molar-refractivity contribution is -0.887. The Bertz CT molecular complexity index is 708. The maximum atomic E-state index is 3.22. The van der Waals surface area contributed by atoms with Crippen molar-refractivity contribution in [3.05, 3.63) is 60.2 Å².